The van der Waals surface area contributed by atoms with Crippen LogP contribution in [-0.2, 0) is 4.79 Å². The van der Waals surface area contributed by atoms with Gasteiger partial charge in [0.1, 0.15) is 0 Å². The summed E-state index contributed by atoms with van der Waals surface area (Å²) in [4.78, 5) is 22.8. The summed E-state index contributed by atoms with van der Waals surface area (Å²) in [6.07, 6.45) is 5.50. The van der Waals surface area contributed by atoms with Crippen molar-refractivity contribution in [2.45, 2.75) is 37.5 Å². The molecule has 2 fully saturated rings. The molecule has 2 aliphatic heterocycles. The number of aliphatic hydroxyl groups excluding tert-OH is 1. The first-order valence-corrected chi connectivity index (χ1v) is 7.46. The molecule has 7 heteroatoms. The number of amides is 1. The van der Waals surface area contributed by atoms with E-state index < -0.39 is 6.10 Å². The Morgan fingerprint density at radius 1 is 1.43 bits per heavy atom. The number of nitrogens with zero attached hydrogens (tertiary/aromatic N) is 3. The zero-order valence-corrected chi connectivity index (χ0v) is 11.9. The van der Waals surface area contributed by atoms with Crippen molar-refractivity contribution in [2.75, 3.05) is 24.5 Å². The minimum atomic E-state index is -0.415. The van der Waals surface area contributed by atoms with E-state index in [9.17, 15) is 9.90 Å². The largest absolute Gasteiger partial charge is 0.392 e. The van der Waals surface area contributed by atoms with Crippen LogP contribution in [0.15, 0.2) is 18.5 Å². The lowest BCUT2D eigenvalue weighted by atomic mass is 10.1. The van der Waals surface area contributed by atoms with E-state index in [0.29, 0.717) is 18.9 Å². The van der Waals surface area contributed by atoms with Crippen molar-refractivity contribution in [2.24, 2.45) is 0 Å². The molecule has 3 N–H and O–H groups in total. The Balaban J connectivity index is 1.55. The number of rotatable bonds is 3. The standard InChI is InChI=1S/C14H21N5O2/c20-11-7-12(17-8-11)13(21)18-10-3-1-6-19(9-10)14-15-4-2-5-16-14/h2,4-5,10-12,17,20H,1,3,6-9H2,(H,18,21). The molecule has 3 unspecified atom stereocenters. The Labute approximate surface area is 123 Å². The third kappa shape index (κ3) is 3.48. The van der Waals surface area contributed by atoms with Crippen LogP contribution in [0.2, 0.25) is 0 Å². The normalized spacial score (nSPS) is 29.4. The van der Waals surface area contributed by atoms with Crippen LogP contribution in [0.25, 0.3) is 0 Å². The van der Waals surface area contributed by atoms with Crippen LogP contribution in [-0.4, -0.2) is 58.8 Å². The molecule has 2 saturated heterocycles. The van der Waals surface area contributed by atoms with Crippen LogP contribution in [0, 0.1) is 0 Å². The fourth-order valence-electron chi connectivity index (χ4n) is 2.95. The zero-order chi connectivity index (χ0) is 14.7. The molecule has 3 heterocycles. The Kier molecular flexibility index (Phi) is 4.31. The number of hydrogen-bond donors (Lipinski definition) is 3. The van der Waals surface area contributed by atoms with Crippen LogP contribution < -0.4 is 15.5 Å². The van der Waals surface area contributed by atoms with Crippen LogP contribution in [0.4, 0.5) is 5.95 Å². The maximum absolute atomic E-state index is 12.2. The smallest absolute Gasteiger partial charge is 0.237 e. The minimum absolute atomic E-state index is 0.0209. The summed E-state index contributed by atoms with van der Waals surface area (Å²) in [7, 11) is 0. The number of nitrogens with one attached hydrogen (secondary N) is 2. The molecule has 1 amide bonds. The molecule has 1 aromatic rings. The first kappa shape index (κ1) is 14.2. The zero-order valence-electron chi connectivity index (χ0n) is 11.9. The lowest BCUT2D eigenvalue weighted by Crippen LogP contribution is -2.52. The molecule has 0 radical (unpaired) electrons. The van der Waals surface area contributed by atoms with Gasteiger partial charge in [-0.1, -0.05) is 0 Å². The van der Waals surface area contributed by atoms with Crippen LogP contribution in [0.3, 0.4) is 0 Å². The lowest BCUT2D eigenvalue weighted by molar-refractivity contribution is -0.123. The second kappa shape index (κ2) is 6.36. The summed E-state index contributed by atoms with van der Waals surface area (Å²) < 4.78 is 0. The van der Waals surface area contributed by atoms with Gasteiger partial charge < -0.3 is 20.6 Å². The molecule has 0 bridgehead atoms. The van der Waals surface area contributed by atoms with Crippen molar-refractivity contribution in [3.63, 3.8) is 0 Å². The number of anilines is 1. The second-order valence-corrected chi connectivity index (χ2v) is 5.69. The third-order valence-electron chi connectivity index (χ3n) is 4.03. The quantitative estimate of drug-likeness (QED) is 0.681. The number of aromatic nitrogens is 2. The van der Waals surface area contributed by atoms with Crippen molar-refractivity contribution in [3.8, 4) is 0 Å². The van der Waals surface area contributed by atoms with Crippen LogP contribution in [0.5, 0.6) is 0 Å². The molecule has 3 rings (SSSR count). The van der Waals surface area contributed by atoms with Gasteiger partial charge in [0.2, 0.25) is 11.9 Å². The van der Waals surface area contributed by atoms with E-state index in [-0.39, 0.29) is 18.0 Å². The third-order valence-corrected chi connectivity index (χ3v) is 4.03. The van der Waals surface area contributed by atoms with Gasteiger partial charge in [0.05, 0.1) is 12.1 Å². The van der Waals surface area contributed by atoms with E-state index in [1.165, 1.54) is 0 Å². The van der Waals surface area contributed by atoms with E-state index in [4.69, 9.17) is 0 Å². The number of carbonyl (C=O) groups is 1. The maximum atomic E-state index is 12.2. The molecule has 0 saturated carbocycles. The SMILES string of the molecule is O=C(NC1CCCN(c2ncccn2)C1)C1CC(O)CN1. The fourth-order valence-corrected chi connectivity index (χ4v) is 2.95. The molecule has 0 aromatic carbocycles. The summed E-state index contributed by atoms with van der Waals surface area (Å²) in [5.41, 5.74) is 0. The topological polar surface area (TPSA) is 90.4 Å². The molecule has 114 valence electrons. The summed E-state index contributed by atoms with van der Waals surface area (Å²) in [5, 5.41) is 15.6. The van der Waals surface area contributed by atoms with Gasteiger partial charge in [-0.05, 0) is 25.3 Å². The molecular weight excluding hydrogens is 270 g/mol. The fraction of sp³-hybridized carbons (Fsp3) is 0.643. The maximum Gasteiger partial charge on any atom is 0.237 e. The Morgan fingerprint density at radius 2 is 2.24 bits per heavy atom. The van der Waals surface area contributed by atoms with E-state index in [0.717, 1.165) is 25.9 Å². The molecule has 7 nitrogen and oxygen atoms in total. The highest BCUT2D eigenvalue weighted by molar-refractivity contribution is 5.82. The van der Waals surface area contributed by atoms with Gasteiger partial charge in [-0.25, -0.2) is 9.97 Å². The van der Waals surface area contributed by atoms with E-state index >= 15 is 0 Å². The molecule has 3 atom stereocenters. The van der Waals surface area contributed by atoms with Gasteiger partial charge in [-0.15, -0.1) is 0 Å². The average Bonchev–Trinajstić information content (AvgIpc) is 2.95. The highest BCUT2D eigenvalue weighted by Gasteiger charge is 2.30. The highest BCUT2D eigenvalue weighted by atomic mass is 16.3. The van der Waals surface area contributed by atoms with E-state index in [2.05, 4.69) is 25.5 Å². The van der Waals surface area contributed by atoms with Gasteiger partial charge in [0.15, 0.2) is 0 Å². The monoisotopic (exact) mass is 291 g/mol. The Morgan fingerprint density at radius 3 is 2.95 bits per heavy atom. The summed E-state index contributed by atoms with van der Waals surface area (Å²) in [6.45, 7) is 2.13. The number of hydrogen-bond acceptors (Lipinski definition) is 6. The number of carbonyl (C=O) groups excluding carboxylic acids is 1. The van der Waals surface area contributed by atoms with E-state index in [1.807, 2.05) is 0 Å². The second-order valence-electron chi connectivity index (χ2n) is 5.69. The van der Waals surface area contributed by atoms with Gasteiger partial charge in [-0.2, -0.15) is 0 Å². The van der Waals surface area contributed by atoms with Gasteiger partial charge >= 0.3 is 0 Å². The van der Waals surface area contributed by atoms with Crippen molar-refractivity contribution < 1.29 is 9.90 Å². The van der Waals surface area contributed by atoms with Gasteiger partial charge in [-0.3, -0.25) is 4.79 Å². The first-order chi connectivity index (χ1) is 10.2. The molecule has 2 aliphatic rings. The van der Waals surface area contributed by atoms with Crippen molar-refractivity contribution in [1.82, 2.24) is 20.6 Å². The number of aliphatic hydroxyl groups is 1. The number of piperidine rings is 1. The predicted molar refractivity (Wildman–Crippen MR) is 77.8 cm³/mol. The van der Waals surface area contributed by atoms with E-state index in [1.54, 1.807) is 18.5 Å². The molecular formula is C14H21N5O2. The lowest BCUT2D eigenvalue weighted by Gasteiger charge is -2.33. The van der Waals surface area contributed by atoms with Gasteiger partial charge in [0, 0.05) is 38.1 Å². The minimum Gasteiger partial charge on any atom is -0.392 e. The predicted octanol–water partition coefficient (Wildman–Crippen LogP) is -0.716. The highest BCUT2D eigenvalue weighted by Crippen LogP contribution is 2.16. The summed E-state index contributed by atoms with van der Waals surface area (Å²) in [5.74, 6) is 0.693. The van der Waals surface area contributed by atoms with Crippen molar-refractivity contribution in [3.05, 3.63) is 18.5 Å². The summed E-state index contributed by atoms with van der Waals surface area (Å²) in [6, 6.07) is 1.63. The Hall–Kier alpha value is -1.73. The molecule has 1 aromatic heterocycles. The van der Waals surface area contributed by atoms with Crippen LogP contribution >= 0.6 is 0 Å². The number of β-amino-alcohol motifs (C(OH)–C–C–N with tert-alkyl or cyclic N) is 1. The molecule has 21 heavy (non-hydrogen) atoms. The summed E-state index contributed by atoms with van der Waals surface area (Å²) >= 11 is 0. The Bertz CT molecular complexity index is 484. The average molecular weight is 291 g/mol. The van der Waals surface area contributed by atoms with Gasteiger partial charge in [0.25, 0.3) is 0 Å². The van der Waals surface area contributed by atoms with Crippen molar-refractivity contribution >= 4 is 11.9 Å². The molecule has 0 spiro atoms. The van der Waals surface area contributed by atoms with Crippen LogP contribution in [0.1, 0.15) is 19.3 Å². The first-order valence-electron chi connectivity index (χ1n) is 7.46. The molecule has 0 aliphatic carbocycles. The van der Waals surface area contributed by atoms with Crippen molar-refractivity contribution in [1.29, 1.82) is 0 Å².